The van der Waals surface area contributed by atoms with Crippen molar-refractivity contribution in [1.29, 1.82) is 0 Å². The molecule has 0 radical (unpaired) electrons. The van der Waals surface area contributed by atoms with E-state index in [2.05, 4.69) is 15.0 Å². The van der Waals surface area contributed by atoms with E-state index in [4.69, 9.17) is 71.9 Å². The first kappa shape index (κ1) is 44.6. The molecule has 1 aliphatic heterocycles. The summed E-state index contributed by atoms with van der Waals surface area (Å²) < 4.78 is 60.0. The maximum absolute atomic E-state index is 14.1. The minimum atomic E-state index is -1.00. The number of ether oxygens (including phenoxy) is 8. The lowest BCUT2D eigenvalue weighted by atomic mass is 10.1. The average Bonchev–Trinajstić information content (AvgIpc) is 3.67. The monoisotopic (exact) mass is 815 g/mol. The minimum Gasteiger partial charge on any atom is -0.482 e. The van der Waals surface area contributed by atoms with Crippen LogP contribution in [0.25, 0.3) is 11.1 Å². The maximum Gasteiger partial charge on any atom is 0.329 e. The summed E-state index contributed by atoms with van der Waals surface area (Å²) in [4.78, 5) is 17.0. The van der Waals surface area contributed by atoms with Crippen molar-refractivity contribution >= 4 is 35.0 Å². The summed E-state index contributed by atoms with van der Waals surface area (Å²) >= 11 is 12.5. The molecule has 306 valence electrons. The number of likely N-dealkylation sites (tertiary alicyclic amines) is 1. The fraction of sp³-hybridized carbons (Fsp3) is 0.595. The number of nitrogen functional groups attached to an aromatic ring is 1. The van der Waals surface area contributed by atoms with Gasteiger partial charge in [0.05, 0.1) is 103 Å². The highest BCUT2D eigenvalue weighted by Crippen LogP contribution is 2.37. The summed E-state index contributed by atoms with van der Waals surface area (Å²) in [5.41, 5.74) is 8.12. The van der Waals surface area contributed by atoms with Crippen LogP contribution in [0.1, 0.15) is 37.5 Å². The van der Waals surface area contributed by atoms with Crippen molar-refractivity contribution in [2.75, 3.05) is 118 Å². The van der Waals surface area contributed by atoms with Crippen molar-refractivity contribution in [1.82, 2.24) is 19.7 Å². The number of hydrogen-bond acceptors (Lipinski definition) is 13. The average molecular weight is 817 g/mol. The van der Waals surface area contributed by atoms with Gasteiger partial charge in [-0.2, -0.15) is 5.10 Å². The molecule has 3 N–H and O–H groups in total. The van der Waals surface area contributed by atoms with Gasteiger partial charge in [-0.3, -0.25) is 4.68 Å². The smallest absolute Gasteiger partial charge is 0.329 e. The van der Waals surface area contributed by atoms with E-state index in [1.807, 2.05) is 10.9 Å². The Bertz CT molecular complexity index is 1570. The molecule has 1 aromatic carbocycles. The molecule has 55 heavy (non-hydrogen) atoms. The van der Waals surface area contributed by atoms with E-state index in [-0.39, 0.29) is 30.1 Å². The Balaban J connectivity index is 0.988. The fourth-order valence-corrected chi connectivity index (χ4v) is 6.32. The van der Waals surface area contributed by atoms with E-state index < -0.39 is 17.9 Å². The van der Waals surface area contributed by atoms with Gasteiger partial charge in [0.25, 0.3) is 0 Å². The number of halogens is 3. The molecule has 0 saturated carbocycles. The topological polar surface area (TPSA) is 171 Å². The molecule has 0 amide bonds. The van der Waals surface area contributed by atoms with Gasteiger partial charge in [0, 0.05) is 53.7 Å². The molecule has 15 nitrogen and oxygen atoms in total. The second kappa shape index (κ2) is 25.2. The van der Waals surface area contributed by atoms with Crippen LogP contribution in [0.4, 0.5) is 10.2 Å². The van der Waals surface area contributed by atoms with Gasteiger partial charge in [-0.25, -0.2) is 14.2 Å². The highest BCUT2D eigenvalue weighted by Gasteiger charge is 2.23. The Morgan fingerprint density at radius 1 is 0.855 bits per heavy atom. The molecule has 1 fully saturated rings. The SMILES string of the molecule is C[C@@H](Oc1cc(-c2cnn(C3CCN(CCOCCOCCOCCOCCOCCOCCOCC(=O)O)CC3)c2)cnc1N)c1c(Cl)ccc(F)c1Cl. The third-order valence-corrected chi connectivity index (χ3v) is 9.26. The summed E-state index contributed by atoms with van der Waals surface area (Å²) in [6.07, 6.45) is 6.75. The molecule has 0 unspecified atom stereocenters. The van der Waals surface area contributed by atoms with Crippen molar-refractivity contribution in [3.8, 4) is 16.9 Å². The van der Waals surface area contributed by atoms with Gasteiger partial charge in [-0.15, -0.1) is 0 Å². The molecule has 1 saturated heterocycles. The summed E-state index contributed by atoms with van der Waals surface area (Å²) in [7, 11) is 0. The van der Waals surface area contributed by atoms with Crippen molar-refractivity contribution in [2.45, 2.75) is 31.9 Å². The standard InChI is InChI=1S/C37H52Cl2FN5O10/c1-27(35-31(38)2-3-32(40)36(35)39)55-33-22-28(23-42-37(33)41)29-24-43-45(25-29)30-4-6-44(7-5-30)8-9-48-10-11-49-12-13-50-14-15-51-16-17-52-18-19-53-20-21-54-26-34(46)47/h2-3,22-25,27,30H,4-21,26H2,1H3,(H2,41,42)(H,46,47)/t27-/m1/s1. The number of nitrogens with zero attached hydrogens (tertiary/aromatic N) is 4. The third-order valence-electron chi connectivity index (χ3n) is 8.55. The molecule has 1 atom stereocenters. The summed E-state index contributed by atoms with van der Waals surface area (Å²) in [5.74, 6) is -1.05. The number of piperidine rings is 1. The van der Waals surface area contributed by atoms with E-state index >= 15 is 0 Å². The van der Waals surface area contributed by atoms with Crippen LogP contribution < -0.4 is 10.5 Å². The minimum absolute atomic E-state index is 0.0904. The molecule has 0 spiro atoms. The molecule has 4 rings (SSSR count). The second-order valence-corrected chi connectivity index (χ2v) is 13.3. The van der Waals surface area contributed by atoms with Crippen LogP contribution in [-0.4, -0.2) is 143 Å². The van der Waals surface area contributed by atoms with E-state index in [0.29, 0.717) is 95.6 Å². The lowest BCUT2D eigenvalue weighted by molar-refractivity contribution is -0.142. The molecular formula is C37H52Cl2FN5O10. The molecule has 3 heterocycles. The maximum atomic E-state index is 14.1. The summed E-state index contributed by atoms with van der Waals surface area (Å²) in [5, 5.41) is 13.3. The van der Waals surface area contributed by atoms with E-state index in [1.165, 1.54) is 12.1 Å². The van der Waals surface area contributed by atoms with Crippen molar-refractivity contribution in [2.24, 2.45) is 0 Å². The molecule has 2 aromatic heterocycles. The van der Waals surface area contributed by atoms with Crippen LogP contribution in [-0.2, 0) is 38.0 Å². The second-order valence-electron chi connectivity index (χ2n) is 12.5. The van der Waals surface area contributed by atoms with E-state index in [1.54, 1.807) is 25.4 Å². The number of carboxylic acids is 1. The van der Waals surface area contributed by atoms with Crippen LogP contribution >= 0.6 is 23.2 Å². The van der Waals surface area contributed by atoms with Gasteiger partial charge in [0.15, 0.2) is 11.6 Å². The number of aliphatic carboxylic acids is 1. The first-order valence-electron chi connectivity index (χ1n) is 18.3. The Labute approximate surface area is 330 Å². The Morgan fingerprint density at radius 2 is 1.40 bits per heavy atom. The predicted octanol–water partition coefficient (Wildman–Crippen LogP) is 4.95. The highest BCUT2D eigenvalue weighted by atomic mass is 35.5. The third kappa shape index (κ3) is 16.1. The van der Waals surface area contributed by atoms with Crippen molar-refractivity contribution in [3.05, 3.63) is 58.2 Å². The number of nitrogens with two attached hydrogens (primary N) is 1. The van der Waals surface area contributed by atoms with Crippen LogP contribution in [0, 0.1) is 5.82 Å². The summed E-state index contributed by atoms with van der Waals surface area (Å²) in [6, 6.07) is 4.72. The zero-order valence-corrected chi connectivity index (χ0v) is 32.7. The van der Waals surface area contributed by atoms with Gasteiger partial charge in [-0.05, 0) is 38.0 Å². The van der Waals surface area contributed by atoms with Crippen LogP contribution in [0.15, 0.2) is 36.8 Å². The predicted molar refractivity (Wildman–Crippen MR) is 203 cm³/mol. The van der Waals surface area contributed by atoms with Gasteiger partial charge in [-0.1, -0.05) is 23.2 Å². The highest BCUT2D eigenvalue weighted by molar-refractivity contribution is 6.36. The Kier molecular flexibility index (Phi) is 20.4. The Hall–Kier alpha value is -3.16. The molecule has 0 aliphatic carbocycles. The number of anilines is 1. The first-order chi connectivity index (χ1) is 26.7. The normalized spacial score (nSPS) is 14.4. The van der Waals surface area contributed by atoms with Gasteiger partial charge >= 0.3 is 5.97 Å². The van der Waals surface area contributed by atoms with Gasteiger partial charge < -0.3 is 53.6 Å². The number of hydrogen-bond donors (Lipinski definition) is 2. The number of carboxylic acid groups (broad SMARTS) is 1. The first-order valence-corrected chi connectivity index (χ1v) is 19.1. The molecule has 3 aromatic rings. The molecule has 0 bridgehead atoms. The van der Waals surface area contributed by atoms with Crippen LogP contribution in [0.5, 0.6) is 5.75 Å². The van der Waals surface area contributed by atoms with Crippen molar-refractivity contribution < 1.29 is 52.2 Å². The largest absolute Gasteiger partial charge is 0.482 e. The van der Waals surface area contributed by atoms with E-state index in [9.17, 15) is 9.18 Å². The zero-order valence-electron chi connectivity index (χ0n) is 31.2. The molecular weight excluding hydrogens is 764 g/mol. The number of rotatable bonds is 28. The lowest BCUT2D eigenvalue weighted by Gasteiger charge is -2.31. The van der Waals surface area contributed by atoms with E-state index in [0.717, 1.165) is 43.6 Å². The fourth-order valence-electron chi connectivity index (χ4n) is 5.64. The number of carbonyl (C=O) groups is 1. The quantitative estimate of drug-likeness (QED) is 0.0745. The zero-order chi connectivity index (χ0) is 39.3. The van der Waals surface area contributed by atoms with Crippen LogP contribution in [0.3, 0.4) is 0 Å². The van der Waals surface area contributed by atoms with Gasteiger partial charge in [0.1, 0.15) is 18.5 Å². The lowest BCUT2D eigenvalue weighted by Crippen LogP contribution is -2.37. The molecule has 18 heteroatoms. The number of benzene rings is 1. The van der Waals surface area contributed by atoms with Crippen LogP contribution in [0.2, 0.25) is 10.0 Å². The Morgan fingerprint density at radius 3 is 1.96 bits per heavy atom. The number of pyridine rings is 1. The van der Waals surface area contributed by atoms with Crippen molar-refractivity contribution in [3.63, 3.8) is 0 Å². The van der Waals surface area contributed by atoms with Gasteiger partial charge in [0.2, 0.25) is 0 Å². The summed E-state index contributed by atoms with van der Waals surface area (Å²) in [6.45, 7) is 10.0. The molecule has 1 aliphatic rings. The number of aromatic nitrogens is 3.